The van der Waals surface area contributed by atoms with E-state index in [-0.39, 0.29) is 5.91 Å². The molecule has 38 heavy (non-hydrogen) atoms. The van der Waals surface area contributed by atoms with Crippen LogP contribution in [0.4, 0.5) is 24.5 Å². The second kappa shape index (κ2) is 9.38. The summed E-state index contributed by atoms with van der Waals surface area (Å²) < 4.78 is 42.0. The Kier molecular flexibility index (Phi) is 6.59. The molecule has 0 radical (unpaired) electrons. The van der Waals surface area contributed by atoms with E-state index >= 15 is 0 Å². The smallest absolute Gasteiger partial charge is 0.324 e. The lowest BCUT2D eigenvalue weighted by molar-refractivity contribution is -0.137. The minimum absolute atomic E-state index is 0.365. The lowest BCUT2D eigenvalue weighted by Crippen LogP contribution is -2.42. The van der Waals surface area contributed by atoms with Crippen molar-refractivity contribution in [2.45, 2.75) is 42.3 Å². The number of para-hydroxylation sites is 1. The summed E-state index contributed by atoms with van der Waals surface area (Å²) >= 11 is 5.24. The second-order valence-electron chi connectivity index (χ2n) is 9.41. The number of thioether (sulfide) groups is 1. The van der Waals surface area contributed by atoms with E-state index in [0.717, 1.165) is 49.2 Å². The molecule has 3 aromatic rings. The van der Waals surface area contributed by atoms with Gasteiger partial charge in [-0.15, -0.1) is 0 Å². The number of aromatic nitrogens is 1. The fraction of sp³-hybridized carbons (Fsp3) is 0.280. The average molecular weight is 626 g/mol. The quantitative estimate of drug-likeness (QED) is 0.399. The summed E-state index contributed by atoms with van der Waals surface area (Å²) in [7, 11) is 0. The van der Waals surface area contributed by atoms with Crippen LogP contribution in [-0.4, -0.2) is 27.5 Å². The molecule has 2 aliphatic rings. The lowest BCUT2D eigenvalue weighted by Gasteiger charge is -2.36. The van der Waals surface area contributed by atoms with Gasteiger partial charge in [-0.25, -0.2) is 4.90 Å². The van der Waals surface area contributed by atoms with Gasteiger partial charge in [0.05, 0.1) is 27.9 Å². The van der Waals surface area contributed by atoms with E-state index in [1.165, 1.54) is 12.1 Å². The zero-order valence-corrected chi connectivity index (χ0v) is 23.1. The number of benzene rings is 2. The molecule has 3 heterocycles. The number of anilines is 2. The third kappa shape index (κ3) is 4.39. The maximum Gasteiger partial charge on any atom is 0.418 e. The van der Waals surface area contributed by atoms with Crippen LogP contribution in [-0.2, 0) is 32.5 Å². The SMILES string of the molecule is CC1(C)c2sc(=O)n(CC(=O)Nc3ccccc3C(F)(F)F)c2SC2C(=O)N(c3ccc(Br)cc3)C(=O)C21. The van der Waals surface area contributed by atoms with Crippen LogP contribution in [0.3, 0.4) is 0 Å². The van der Waals surface area contributed by atoms with Gasteiger partial charge in [-0.1, -0.05) is 65.0 Å². The van der Waals surface area contributed by atoms with Crippen molar-refractivity contribution in [3.05, 3.63) is 73.1 Å². The first-order valence-corrected chi connectivity index (χ1v) is 13.8. The molecule has 0 aliphatic carbocycles. The molecular weight excluding hydrogens is 607 g/mol. The number of alkyl halides is 3. The van der Waals surface area contributed by atoms with E-state index in [1.54, 1.807) is 38.1 Å². The number of hydrogen-bond acceptors (Lipinski definition) is 6. The molecule has 1 saturated heterocycles. The first kappa shape index (κ1) is 26.7. The van der Waals surface area contributed by atoms with Crippen LogP contribution in [0.1, 0.15) is 24.3 Å². The van der Waals surface area contributed by atoms with Crippen molar-refractivity contribution >= 4 is 68.1 Å². The van der Waals surface area contributed by atoms with E-state index in [9.17, 15) is 32.3 Å². The normalized spacial score (nSPS) is 20.3. The number of halogens is 4. The second-order valence-corrected chi connectivity index (χ2v) is 12.4. The minimum Gasteiger partial charge on any atom is -0.324 e. The highest BCUT2D eigenvalue weighted by Gasteiger charge is 2.59. The van der Waals surface area contributed by atoms with Gasteiger partial charge >= 0.3 is 11.0 Å². The summed E-state index contributed by atoms with van der Waals surface area (Å²) in [5.41, 5.74) is -1.90. The number of hydrogen-bond donors (Lipinski definition) is 1. The van der Waals surface area contributed by atoms with Gasteiger partial charge < -0.3 is 5.32 Å². The number of amides is 3. The zero-order chi connectivity index (χ0) is 27.6. The molecule has 2 aliphatic heterocycles. The Bertz CT molecular complexity index is 1530. The Labute approximate surface area is 231 Å². The molecule has 1 fully saturated rings. The molecule has 5 rings (SSSR count). The third-order valence-electron chi connectivity index (χ3n) is 6.60. The number of nitrogens with zero attached hydrogens (tertiary/aromatic N) is 2. The Morgan fingerprint density at radius 3 is 2.37 bits per heavy atom. The number of carbonyl (C=O) groups excluding carboxylic acids is 3. The number of nitrogens with one attached hydrogen (secondary N) is 1. The van der Waals surface area contributed by atoms with Crippen molar-refractivity contribution in [2.24, 2.45) is 5.92 Å². The van der Waals surface area contributed by atoms with Crippen molar-refractivity contribution in [3.63, 3.8) is 0 Å². The molecular formula is C25H19BrF3N3O4S2. The Balaban J connectivity index is 1.46. The Hall–Kier alpha value is -2.90. The molecule has 0 saturated carbocycles. The monoisotopic (exact) mass is 625 g/mol. The molecule has 3 amide bonds. The van der Waals surface area contributed by atoms with Gasteiger partial charge in [0.25, 0.3) is 0 Å². The van der Waals surface area contributed by atoms with Crippen LogP contribution >= 0.6 is 39.0 Å². The van der Waals surface area contributed by atoms with E-state index in [1.807, 2.05) is 0 Å². The number of thiazole rings is 1. The maximum atomic E-state index is 13.5. The molecule has 1 aromatic heterocycles. The fourth-order valence-corrected chi connectivity index (χ4v) is 8.09. The van der Waals surface area contributed by atoms with Gasteiger partial charge in [-0.3, -0.25) is 23.7 Å². The van der Waals surface area contributed by atoms with Crippen LogP contribution in [0.5, 0.6) is 0 Å². The molecule has 0 spiro atoms. The van der Waals surface area contributed by atoms with Crippen LogP contribution < -0.4 is 15.1 Å². The molecule has 1 N–H and O–H groups in total. The number of carbonyl (C=O) groups is 3. The summed E-state index contributed by atoms with van der Waals surface area (Å²) in [5.74, 6) is -2.37. The lowest BCUT2D eigenvalue weighted by atomic mass is 9.76. The van der Waals surface area contributed by atoms with Gasteiger partial charge in [0, 0.05) is 14.8 Å². The van der Waals surface area contributed by atoms with E-state index in [4.69, 9.17) is 0 Å². The molecule has 0 bridgehead atoms. The van der Waals surface area contributed by atoms with Gasteiger partial charge in [-0.2, -0.15) is 13.2 Å². The van der Waals surface area contributed by atoms with Gasteiger partial charge in [0.15, 0.2) is 0 Å². The minimum atomic E-state index is -4.67. The van der Waals surface area contributed by atoms with Crippen molar-refractivity contribution < 1.29 is 27.6 Å². The first-order valence-electron chi connectivity index (χ1n) is 11.3. The number of fused-ring (bicyclic) bond motifs is 2. The van der Waals surface area contributed by atoms with Crippen LogP contribution in [0.15, 0.2) is 62.8 Å². The molecule has 198 valence electrons. The highest BCUT2D eigenvalue weighted by Crippen LogP contribution is 2.54. The molecule has 2 aromatic carbocycles. The predicted octanol–water partition coefficient (Wildman–Crippen LogP) is 5.27. The number of imide groups is 1. The van der Waals surface area contributed by atoms with Crippen LogP contribution in [0.25, 0.3) is 0 Å². The summed E-state index contributed by atoms with van der Waals surface area (Å²) in [5, 5.41) is 1.78. The largest absolute Gasteiger partial charge is 0.418 e. The topological polar surface area (TPSA) is 88.5 Å². The van der Waals surface area contributed by atoms with Gasteiger partial charge in [0.2, 0.25) is 17.7 Å². The van der Waals surface area contributed by atoms with Crippen molar-refractivity contribution in [3.8, 4) is 0 Å². The predicted molar refractivity (Wildman–Crippen MR) is 141 cm³/mol. The van der Waals surface area contributed by atoms with Crippen LogP contribution in [0, 0.1) is 5.92 Å². The van der Waals surface area contributed by atoms with E-state index < -0.39 is 57.2 Å². The van der Waals surface area contributed by atoms with Crippen molar-refractivity contribution in [2.75, 3.05) is 10.2 Å². The van der Waals surface area contributed by atoms with E-state index in [0.29, 0.717) is 15.6 Å². The van der Waals surface area contributed by atoms with E-state index in [2.05, 4.69) is 21.2 Å². The first-order chi connectivity index (χ1) is 17.8. The standard InChI is InChI=1S/C25H19BrF3N3O4S2/c1-24(2)17-18(21(35)32(20(17)34)13-9-7-12(26)8-10-13)37-22-19(24)38-23(36)31(22)11-16(33)30-15-6-4-3-5-14(15)25(27,28)29/h3-10,17-18H,11H2,1-2H3,(H,30,33). The van der Waals surface area contributed by atoms with Crippen LogP contribution in [0.2, 0.25) is 0 Å². The molecule has 13 heteroatoms. The summed E-state index contributed by atoms with van der Waals surface area (Å²) in [4.78, 5) is 53.9. The van der Waals surface area contributed by atoms with Crippen molar-refractivity contribution in [1.82, 2.24) is 4.57 Å². The Morgan fingerprint density at radius 2 is 1.71 bits per heavy atom. The highest BCUT2D eigenvalue weighted by molar-refractivity contribution is 9.10. The maximum absolute atomic E-state index is 13.5. The third-order valence-corrected chi connectivity index (χ3v) is 9.95. The fourth-order valence-electron chi connectivity index (χ4n) is 4.78. The summed E-state index contributed by atoms with van der Waals surface area (Å²) in [6.45, 7) is 3.01. The zero-order valence-electron chi connectivity index (χ0n) is 19.8. The summed E-state index contributed by atoms with van der Waals surface area (Å²) in [6, 6.07) is 11.3. The molecule has 7 nitrogen and oxygen atoms in total. The molecule has 2 atom stereocenters. The summed E-state index contributed by atoms with van der Waals surface area (Å²) in [6.07, 6.45) is -4.67. The van der Waals surface area contributed by atoms with Gasteiger partial charge in [-0.05, 0) is 36.4 Å². The average Bonchev–Trinajstić information content (AvgIpc) is 3.28. The Morgan fingerprint density at radius 1 is 1.05 bits per heavy atom. The van der Waals surface area contributed by atoms with Gasteiger partial charge in [0.1, 0.15) is 11.8 Å². The van der Waals surface area contributed by atoms with Crippen molar-refractivity contribution in [1.29, 1.82) is 0 Å². The number of rotatable bonds is 4. The molecule has 2 unspecified atom stereocenters. The highest BCUT2D eigenvalue weighted by atomic mass is 79.9.